The van der Waals surface area contributed by atoms with E-state index >= 15 is 0 Å². The summed E-state index contributed by atoms with van der Waals surface area (Å²) in [7, 11) is 0. The molecule has 0 aliphatic heterocycles. The molecule has 0 unspecified atom stereocenters. The molecule has 0 amide bonds. The van der Waals surface area contributed by atoms with Crippen molar-refractivity contribution in [2.75, 3.05) is 6.54 Å². The average Bonchev–Trinajstić information content (AvgIpc) is 2.39. The lowest BCUT2D eigenvalue weighted by Gasteiger charge is -2.05. The standard InChI is InChI=1S/C15H13Cl2N/c16-14-5-1-11(2-6-14)9-13(10-18)12-3-7-15(17)8-4-12/h1-9H,10,18H2/b13-9+. The Labute approximate surface area is 117 Å². The van der Waals surface area contributed by atoms with E-state index in [1.807, 2.05) is 48.5 Å². The minimum atomic E-state index is 0.476. The van der Waals surface area contributed by atoms with Crippen molar-refractivity contribution in [2.24, 2.45) is 5.73 Å². The van der Waals surface area contributed by atoms with Crippen molar-refractivity contribution >= 4 is 34.9 Å². The van der Waals surface area contributed by atoms with Gasteiger partial charge in [-0.05, 0) is 47.0 Å². The molecule has 2 rings (SSSR count). The molecule has 2 N–H and O–H groups in total. The molecule has 92 valence electrons. The van der Waals surface area contributed by atoms with Crippen molar-refractivity contribution in [2.45, 2.75) is 0 Å². The first kappa shape index (κ1) is 13.2. The smallest absolute Gasteiger partial charge is 0.0406 e. The van der Waals surface area contributed by atoms with Gasteiger partial charge in [0.25, 0.3) is 0 Å². The van der Waals surface area contributed by atoms with Gasteiger partial charge in [0.05, 0.1) is 0 Å². The van der Waals surface area contributed by atoms with Gasteiger partial charge in [-0.3, -0.25) is 0 Å². The molecule has 0 saturated carbocycles. The zero-order valence-corrected chi connectivity index (χ0v) is 11.2. The predicted molar refractivity (Wildman–Crippen MR) is 79.8 cm³/mol. The van der Waals surface area contributed by atoms with Crippen LogP contribution in [0, 0.1) is 0 Å². The summed E-state index contributed by atoms with van der Waals surface area (Å²) >= 11 is 11.7. The highest BCUT2D eigenvalue weighted by molar-refractivity contribution is 6.30. The number of rotatable bonds is 3. The molecule has 0 saturated heterocycles. The van der Waals surface area contributed by atoms with Gasteiger partial charge in [-0.15, -0.1) is 0 Å². The maximum Gasteiger partial charge on any atom is 0.0406 e. The van der Waals surface area contributed by atoms with Crippen LogP contribution in [0.5, 0.6) is 0 Å². The molecule has 0 radical (unpaired) electrons. The normalized spacial score (nSPS) is 11.6. The zero-order chi connectivity index (χ0) is 13.0. The Morgan fingerprint density at radius 1 is 0.889 bits per heavy atom. The Morgan fingerprint density at radius 2 is 1.39 bits per heavy atom. The van der Waals surface area contributed by atoms with Gasteiger partial charge in [0.1, 0.15) is 0 Å². The van der Waals surface area contributed by atoms with Crippen LogP contribution < -0.4 is 5.73 Å². The van der Waals surface area contributed by atoms with Crippen LogP contribution in [-0.4, -0.2) is 6.54 Å². The van der Waals surface area contributed by atoms with Crippen LogP contribution >= 0.6 is 23.2 Å². The van der Waals surface area contributed by atoms with E-state index in [0.29, 0.717) is 6.54 Å². The van der Waals surface area contributed by atoms with E-state index in [0.717, 1.165) is 26.7 Å². The largest absolute Gasteiger partial charge is 0.326 e. The molecule has 1 nitrogen and oxygen atoms in total. The SMILES string of the molecule is NC/C(=C\c1ccc(Cl)cc1)c1ccc(Cl)cc1. The van der Waals surface area contributed by atoms with Crippen molar-refractivity contribution in [3.05, 3.63) is 69.7 Å². The van der Waals surface area contributed by atoms with Gasteiger partial charge < -0.3 is 5.73 Å². The Kier molecular flexibility index (Phi) is 4.43. The Hall–Kier alpha value is -1.28. The Morgan fingerprint density at radius 3 is 1.89 bits per heavy atom. The fourth-order valence-electron chi connectivity index (χ4n) is 1.68. The first-order valence-corrected chi connectivity index (χ1v) is 6.37. The number of halogens is 2. The van der Waals surface area contributed by atoms with Crippen LogP contribution in [0.25, 0.3) is 11.6 Å². The quantitative estimate of drug-likeness (QED) is 0.822. The van der Waals surface area contributed by atoms with E-state index in [9.17, 15) is 0 Å². The lowest BCUT2D eigenvalue weighted by Crippen LogP contribution is -2.02. The fourth-order valence-corrected chi connectivity index (χ4v) is 1.94. The molecule has 3 heteroatoms. The highest BCUT2D eigenvalue weighted by Gasteiger charge is 2.00. The third-order valence-electron chi connectivity index (χ3n) is 2.65. The van der Waals surface area contributed by atoms with Crippen molar-refractivity contribution in [3.8, 4) is 0 Å². The summed E-state index contributed by atoms with van der Waals surface area (Å²) in [5.41, 5.74) is 9.02. The van der Waals surface area contributed by atoms with E-state index in [4.69, 9.17) is 28.9 Å². The summed E-state index contributed by atoms with van der Waals surface area (Å²) < 4.78 is 0. The molecule has 0 spiro atoms. The van der Waals surface area contributed by atoms with Gasteiger partial charge >= 0.3 is 0 Å². The Bertz CT molecular complexity index is 542. The number of benzene rings is 2. The molecule has 0 fully saturated rings. The maximum absolute atomic E-state index is 5.87. The highest BCUT2D eigenvalue weighted by Crippen LogP contribution is 2.20. The van der Waals surface area contributed by atoms with Gasteiger partial charge in [0.2, 0.25) is 0 Å². The molecule has 2 aromatic carbocycles. The molecule has 0 aromatic heterocycles. The molecule has 0 aliphatic carbocycles. The van der Waals surface area contributed by atoms with Crippen molar-refractivity contribution in [1.29, 1.82) is 0 Å². The molecule has 0 heterocycles. The molecule has 18 heavy (non-hydrogen) atoms. The predicted octanol–water partition coefficient (Wildman–Crippen LogP) is 4.49. The van der Waals surface area contributed by atoms with Crippen molar-refractivity contribution in [3.63, 3.8) is 0 Å². The lowest BCUT2D eigenvalue weighted by atomic mass is 10.0. The fraction of sp³-hybridized carbons (Fsp3) is 0.0667. The van der Waals surface area contributed by atoms with Gasteiger partial charge in [0, 0.05) is 16.6 Å². The first-order chi connectivity index (χ1) is 8.69. The lowest BCUT2D eigenvalue weighted by molar-refractivity contribution is 1.27. The minimum absolute atomic E-state index is 0.476. The zero-order valence-electron chi connectivity index (χ0n) is 9.74. The van der Waals surface area contributed by atoms with Crippen LogP contribution in [0.15, 0.2) is 48.5 Å². The van der Waals surface area contributed by atoms with E-state index < -0.39 is 0 Å². The third kappa shape index (κ3) is 3.36. The van der Waals surface area contributed by atoms with Crippen LogP contribution in [-0.2, 0) is 0 Å². The second kappa shape index (κ2) is 6.05. The summed E-state index contributed by atoms with van der Waals surface area (Å²) in [4.78, 5) is 0. The molecule has 0 aliphatic rings. The number of hydrogen-bond donors (Lipinski definition) is 1. The van der Waals surface area contributed by atoms with Gasteiger partial charge in [-0.25, -0.2) is 0 Å². The van der Waals surface area contributed by atoms with E-state index in [-0.39, 0.29) is 0 Å². The van der Waals surface area contributed by atoms with Crippen molar-refractivity contribution < 1.29 is 0 Å². The van der Waals surface area contributed by atoms with Crippen molar-refractivity contribution in [1.82, 2.24) is 0 Å². The Balaban J connectivity index is 2.33. The van der Waals surface area contributed by atoms with Gasteiger partial charge in [-0.1, -0.05) is 47.5 Å². The third-order valence-corrected chi connectivity index (χ3v) is 3.15. The van der Waals surface area contributed by atoms with E-state index in [2.05, 4.69) is 6.08 Å². The maximum atomic E-state index is 5.87. The second-order valence-corrected chi connectivity index (χ2v) is 4.81. The summed E-state index contributed by atoms with van der Waals surface area (Å²) in [5.74, 6) is 0. The van der Waals surface area contributed by atoms with Gasteiger partial charge in [0.15, 0.2) is 0 Å². The molecule has 0 bridgehead atoms. The first-order valence-electron chi connectivity index (χ1n) is 5.61. The number of hydrogen-bond acceptors (Lipinski definition) is 1. The van der Waals surface area contributed by atoms with E-state index in [1.54, 1.807) is 0 Å². The molecular weight excluding hydrogens is 265 g/mol. The van der Waals surface area contributed by atoms with Crippen LogP contribution in [0.4, 0.5) is 0 Å². The minimum Gasteiger partial charge on any atom is -0.326 e. The molecular formula is C15H13Cl2N. The number of nitrogens with two attached hydrogens (primary N) is 1. The molecule has 2 aromatic rings. The van der Waals surface area contributed by atoms with Crippen LogP contribution in [0.3, 0.4) is 0 Å². The average molecular weight is 278 g/mol. The van der Waals surface area contributed by atoms with E-state index in [1.165, 1.54) is 0 Å². The monoisotopic (exact) mass is 277 g/mol. The van der Waals surface area contributed by atoms with Gasteiger partial charge in [-0.2, -0.15) is 0 Å². The summed E-state index contributed by atoms with van der Waals surface area (Å²) in [6, 6.07) is 15.3. The summed E-state index contributed by atoms with van der Waals surface area (Å²) in [6.45, 7) is 0.476. The summed E-state index contributed by atoms with van der Waals surface area (Å²) in [5, 5.41) is 1.45. The highest BCUT2D eigenvalue weighted by atomic mass is 35.5. The second-order valence-electron chi connectivity index (χ2n) is 3.93. The van der Waals surface area contributed by atoms with Crippen LogP contribution in [0.1, 0.15) is 11.1 Å². The van der Waals surface area contributed by atoms with Crippen LogP contribution in [0.2, 0.25) is 10.0 Å². The topological polar surface area (TPSA) is 26.0 Å². The molecule has 0 atom stereocenters. The summed E-state index contributed by atoms with van der Waals surface area (Å²) in [6.07, 6.45) is 2.06.